The number of likely N-dealkylation sites (tertiary alicyclic amines) is 1. The number of likely N-dealkylation sites (N-methyl/N-ethyl adjacent to an activating group) is 1. The molecule has 1 saturated heterocycles. The van der Waals surface area contributed by atoms with Gasteiger partial charge in [-0.25, -0.2) is 0 Å². The topological polar surface area (TPSA) is 50.2 Å². The largest absolute Gasteiger partial charge is 0.322 e. The monoisotopic (exact) mass is 250 g/mol. The lowest BCUT2D eigenvalue weighted by molar-refractivity contribution is -0.120. The van der Waals surface area contributed by atoms with Crippen LogP contribution in [0.4, 0.5) is 5.69 Å². The van der Waals surface area contributed by atoms with Gasteiger partial charge in [0.1, 0.15) is 0 Å². The smallest absolute Gasteiger partial charge is 0.241 e. The van der Waals surface area contributed by atoms with Crippen LogP contribution in [0, 0.1) is 6.92 Å². The van der Waals surface area contributed by atoms with Crippen molar-refractivity contribution in [3.8, 4) is 0 Å². The minimum absolute atomic E-state index is 0.00731. The Balaban J connectivity index is 2.04. The van der Waals surface area contributed by atoms with Crippen LogP contribution in [0.1, 0.15) is 31.4 Å². The number of hydrogen-bond acceptors (Lipinski definition) is 3. The van der Waals surface area contributed by atoms with E-state index in [-0.39, 0.29) is 11.9 Å². The maximum absolute atomic E-state index is 12.3. The van der Waals surface area contributed by atoms with Crippen LogP contribution in [0.5, 0.6) is 0 Å². The molecule has 5 heteroatoms. The van der Waals surface area contributed by atoms with E-state index in [1.54, 1.807) is 4.68 Å². The van der Waals surface area contributed by atoms with Gasteiger partial charge in [0.2, 0.25) is 5.91 Å². The van der Waals surface area contributed by atoms with Crippen LogP contribution in [0.3, 0.4) is 0 Å². The van der Waals surface area contributed by atoms with E-state index in [9.17, 15) is 4.79 Å². The fourth-order valence-electron chi connectivity index (χ4n) is 2.52. The van der Waals surface area contributed by atoms with Crippen LogP contribution >= 0.6 is 0 Å². The van der Waals surface area contributed by atoms with E-state index < -0.39 is 0 Å². The van der Waals surface area contributed by atoms with Crippen molar-refractivity contribution < 1.29 is 4.79 Å². The fourth-order valence-corrected chi connectivity index (χ4v) is 2.52. The number of carbonyl (C=O) groups is 1. The van der Waals surface area contributed by atoms with Gasteiger partial charge in [-0.3, -0.25) is 14.4 Å². The van der Waals surface area contributed by atoms with Gasteiger partial charge in [0.05, 0.1) is 17.4 Å². The first-order valence-corrected chi connectivity index (χ1v) is 6.59. The summed E-state index contributed by atoms with van der Waals surface area (Å²) >= 11 is 0. The number of anilines is 1. The molecule has 1 aliphatic heterocycles. The van der Waals surface area contributed by atoms with Gasteiger partial charge in [0.15, 0.2) is 0 Å². The molecule has 18 heavy (non-hydrogen) atoms. The molecular weight excluding hydrogens is 228 g/mol. The third kappa shape index (κ3) is 2.90. The highest BCUT2D eigenvalue weighted by Gasteiger charge is 2.25. The summed E-state index contributed by atoms with van der Waals surface area (Å²) in [7, 11) is 3.89. The number of amides is 1. The Morgan fingerprint density at radius 3 is 2.83 bits per heavy atom. The first-order chi connectivity index (χ1) is 8.58. The zero-order valence-corrected chi connectivity index (χ0v) is 11.4. The zero-order chi connectivity index (χ0) is 13.1. The third-order valence-corrected chi connectivity index (χ3v) is 3.59. The average molecular weight is 250 g/mol. The molecule has 0 unspecified atom stereocenters. The van der Waals surface area contributed by atoms with Gasteiger partial charge in [-0.05, 0) is 33.4 Å². The Hall–Kier alpha value is -1.36. The van der Waals surface area contributed by atoms with Crippen LogP contribution in [0.2, 0.25) is 0 Å². The van der Waals surface area contributed by atoms with E-state index in [0.717, 1.165) is 30.8 Å². The Morgan fingerprint density at radius 2 is 2.17 bits per heavy atom. The molecule has 0 aliphatic carbocycles. The molecule has 1 aliphatic rings. The van der Waals surface area contributed by atoms with Crippen molar-refractivity contribution in [2.24, 2.45) is 7.05 Å². The molecular formula is C13H22N4O. The van der Waals surface area contributed by atoms with Gasteiger partial charge in [0.25, 0.3) is 0 Å². The molecule has 1 atom stereocenters. The first kappa shape index (κ1) is 13.1. The van der Waals surface area contributed by atoms with E-state index in [1.165, 1.54) is 12.8 Å². The Labute approximate surface area is 108 Å². The van der Waals surface area contributed by atoms with Gasteiger partial charge in [0, 0.05) is 13.2 Å². The van der Waals surface area contributed by atoms with Gasteiger partial charge < -0.3 is 5.32 Å². The fraction of sp³-hybridized carbons (Fsp3) is 0.692. The summed E-state index contributed by atoms with van der Waals surface area (Å²) in [4.78, 5) is 14.5. The summed E-state index contributed by atoms with van der Waals surface area (Å²) in [6.07, 6.45) is 6.34. The first-order valence-electron chi connectivity index (χ1n) is 6.59. The molecule has 1 aromatic rings. The van der Waals surface area contributed by atoms with Crippen molar-refractivity contribution in [1.29, 1.82) is 0 Å². The highest BCUT2D eigenvalue weighted by molar-refractivity contribution is 5.95. The molecule has 1 amide bonds. The molecule has 0 radical (unpaired) electrons. The third-order valence-electron chi connectivity index (χ3n) is 3.59. The number of hydrogen-bond donors (Lipinski definition) is 1. The highest BCUT2D eigenvalue weighted by atomic mass is 16.2. The predicted molar refractivity (Wildman–Crippen MR) is 71.5 cm³/mol. The van der Waals surface area contributed by atoms with Crippen molar-refractivity contribution in [3.63, 3.8) is 0 Å². The lowest BCUT2D eigenvalue weighted by Crippen LogP contribution is -2.41. The summed E-state index contributed by atoms with van der Waals surface area (Å²) in [5, 5.41) is 7.23. The van der Waals surface area contributed by atoms with Crippen molar-refractivity contribution in [1.82, 2.24) is 14.7 Å². The standard InChI is InChI=1S/C13H22N4O/c1-10-11(9-17(3)15-10)14-13(18)12-7-5-4-6-8-16(12)2/h9,12H,4-8H2,1-3H3,(H,14,18)/t12-/m0/s1. The van der Waals surface area contributed by atoms with E-state index in [0.29, 0.717) is 0 Å². The van der Waals surface area contributed by atoms with E-state index in [2.05, 4.69) is 15.3 Å². The molecule has 2 heterocycles. The second kappa shape index (κ2) is 5.52. The van der Waals surface area contributed by atoms with Crippen LogP contribution in [0.25, 0.3) is 0 Å². The minimum atomic E-state index is -0.00731. The molecule has 100 valence electrons. The molecule has 1 fully saturated rings. The molecule has 2 rings (SSSR count). The van der Waals surface area contributed by atoms with Crippen LogP contribution in [0.15, 0.2) is 6.20 Å². The minimum Gasteiger partial charge on any atom is -0.322 e. The van der Waals surface area contributed by atoms with Gasteiger partial charge in [-0.2, -0.15) is 5.10 Å². The van der Waals surface area contributed by atoms with Crippen molar-refractivity contribution in [2.45, 2.75) is 38.6 Å². The number of rotatable bonds is 2. The summed E-state index contributed by atoms with van der Waals surface area (Å²) in [5.74, 6) is 0.0931. The number of nitrogens with zero attached hydrogens (tertiary/aromatic N) is 3. The summed E-state index contributed by atoms with van der Waals surface area (Å²) in [6, 6.07) is -0.00731. The molecule has 0 aromatic carbocycles. The summed E-state index contributed by atoms with van der Waals surface area (Å²) in [5.41, 5.74) is 1.68. The Kier molecular flexibility index (Phi) is 4.01. The summed E-state index contributed by atoms with van der Waals surface area (Å²) < 4.78 is 1.72. The number of carbonyl (C=O) groups excluding carboxylic acids is 1. The number of nitrogens with one attached hydrogen (secondary N) is 1. The zero-order valence-electron chi connectivity index (χ0n) is 11.4. The second-order valence-corrected chi connectivity index (χ2v) is 5.14. The Morgan fingerprint density at radius 1 is 1.39 bits per heavy atom. The summed E-state index contributed by atoms with van der Waals surface area (Å²) in [6.45, 7) is 2.91. The highest BCUT2D eigenvalue weighted by Crippen LogP contribution is 2.18. The Bertz CT molecular complexity index is 427. The molecule has 0 spiro atoms. The lowest BCUT2D eigenvalue weighted by Gasteiger charge is -2.24. The molecule has 1 N–H and O–H groups in total. The molecule has 1 aromatic heterocycles. The predicted octanol–water partition coefficient (Wildman–Crippen LogP) is 1.54. The normalized spacial score (nSPS) is 21.6. The van der Waals surface area contributed by atoms with Crippen molar-refractivity contribution >= 4 is 11.6 Å². The molecule has 5 nitrogen and oxygen atoms in total. The molecule has 0 saturated carbocycles. The SMILES string of the molecule is Cc1nn(C)cc1NC(=O)[C@@H]1CCCCCN1C. The van der Waals surface area contributed by atoms with Gasteiger partial charge in [-0.15, -0.1) is 0 Å². The average Bonchev–Trinajstić information content (AvgIpc) is 2.52. The van der Waals surface area contributed by atoms with Crippen molar-refractivity contribution in [3.05, 3.63) is 11.9 Å². The van der Waals surface area contributed by atoms with E-state index in [1.807, 2.05) is 27.2 Å². The number of aryl methyl sites for hydroxylation is 2. The maximum atomic E-state index is 12.3. The van der Waals surface area contributed by atoms with Gasteiger partial charge >= 0.3 is 0 Å². The lowest BCUT2D eigenvalue weighted by atomic mass is 10.1. The number of aromatic nitrogens is 2. The van der Waals surface area contributed by atoms with E-state index in [4.69, 9.17) is 0 Å². The maximum Gasteiger partial charge on any atom is 0.241 e. The second-order valence-electron chi connectivity index (χ2n) is 5.14. The van der Waals surface area contributed by atoms with Gasteiger partial charge in [-0.1, -0.05) is 12.8 Å². The quantitative estimate of drug-likeness (QED) is 0.866. The molecule has 0 bridgehead atoms. The van der Waals surface area contributed by atoms with Crippen LogP contribution in [-0.4, -0.2) is 40.2 Å². The van der Waals surface area contributed by atoms with Crippen LogP contribution in [-0.2, 0) is 11.8 Å². The van der Waals surface area contributed by atoms with Crippen molar-refractivity contribution in [2.75, 3.05) is 18.9 Å². The van der Waals surface area contributed by atoms with E-state index >= 15 is 0 Å². The van der Waals surface area contributed by atoms with Crippen LogP contribution < -0.4 is 5.32 Å².